The Morgan fingerprint density at radius 2 is 1.83 bits per heavy atom. The van der Waals surface area contributed by atoms with Crippen molar-refractivity contribution >= 4 is 17.5 Å². The maximum absolute atomic E-state index is 13.0. The monoisotopic (exact) mass is 395 g/mol. The summed E-state index contributed by atoms with van der Waals surface area (Å²) in [5.74, 6) is 0.754. The molecule has 0 unspecified atom stereocenters. The third-order valence-electron chi connectivity index (χ3n) is 5.29. The zero-order chi connectivity index (χ0) is 20.8. The highest BCUT2D eigenvalue weighted by atomic mass is 16.5. The Bertz CT molecular complexity index is 866. The molecule has 0 spiro atoms. The molecule has 2 amide bonds. The van der Waals surface area contributed by atoms with Gasteiger partial charge in [-0.1, -0.05) is 30.7 Å². The fraction of sp³-hybridized carbons (Fsp3) is 0.391. The standard InChI is InChI=1S/C23H29N3O3/c1-25(2)22(27)16-26-13-5-4-12-21(26)23(28)24-19-10-6-8-17(14-19)18-9-7-11-20(15-18)29-3/h6-11,14-15,21H,4-5,12-13,16H2,1-3H3,(H,24,28)/t21-/m1/s1. The largest absolute Gasteiger partial charge is 0.497 e. The van der Waals surface area contributed by atoms with Crippen LogP contribution in [0, 0.1) is 0 Å². The van der Waals surface area contributed by atoms with Crippen LogP contribution < -0.4 is 10.1 Å². The molecule has 1 fully saturated rings. The molecule has 29 heavy (non-hydrogen) atoms. The van der Waals surface area contributed by atoms with Crippen molar-refractivity contribution in [3.8, 4) is 16.9 Å². The minimum Gasteiger partial charge on any atom is -0.497 e. The average Bonchev–Trinajstić information content (AvgIpc) is 2.74. The van der Waals surface area contributed by atoms with Crippen molar-refractivity contribution < 1.29 is 14.3 Å². The summed E-state index contributed by atoms with van der Waals surface area (Å²) < 4.78 is 5.30. The number of hydrogen-bond donors (Lipinski definition) is 1. The predicted octanol–water partition coefficient (Wildman–Crippen LogP) is 3.24. The van der Waals surface area contributed by atoms with Crippen molar-refractivity contribution in [1.82, 2.24) is 9.80 Å². The van der Waals surface area contributed by atoms with Crippen LogP contribution in [0.5, 0.6) is 5.75 Å². The highest BCUT2D eigenvalue weighted by Gasteiger charge is 2.30. The Kier molecular flexibility index (Phi) is 6.88. The molecule has 1 aliphatic rings. The van der Waals surface area contributed by atoms with Gasteiger partial charge in [0.25, 0.3) is 0 Å². The van der Waals surface area contributed by atoms with E-state index in [1.165, 1.54) is 0 Å². The van der Waals surface area contributed by atoms with Gasteiger partial charge in [0.15, 0.2) is 0 Å². The van der Waals surface area contributed by atoms with E-state index in [9.17, 15) is 9.59 Å². The van der Waals surface area contributed by atoms with Crippen LogP contribution in [0.3, 0.4) is 0 Å². The highest BCUT2D eigenvalue weighted by Crippen LogP contribution is 2.26. The lowest BCUT2D eigenvalue weighted by Gasteiger charge is -2.34. The number of hydrogen-bond acceptors (Lipinski definition) is 4. The quantitative estimate of drug-likeness (QED) is 0.816. The fourth-order valence-corrected chi connectivity index (χ4v) is 3.60. The van der Waals surface area contributed by atoms with Crippen molar-refractivity contribution in [1.29, 1.82) is 0 Å². The molecule has 1 atom stereocenters. The lowest BCUT2D eigenvalue weighted by Crippen LogP contribution is -2.50. The summed E-state index contributed by atoms with van der Waals surface area (Å²) in [6, 6.07) is 15.3. The lowest BCUT2D eigenvalue weighted by molar-refractivity contribution is -0.132. The molecule has 0 saturated carbocycles. The Hall–Kier alpha value is -2.86. The van der Waals surface area contributed by atoms with Crippen LogP contribution in [-0.4, -0.2) is 62.0 Å². The summed E-state index contributed by atoms with van der Waals surface area (Å²) in [7, 11) is 5.13. The van der Waals surface area contributed by atoms with Gasteiger partial charge >= 0.3 is 0 Å². The smallest absolute Gasteiger partial charge is 0.241 e. The number of rotatable bonds is 6. The van der Waals surface area contributed by atoms with Gasteiger partial charge in [0.05, 0.1) is 19.7 Å². The van der Waals surface area contributed by atoms with E-state index in [0.29, 0.717) is 0 Å². The summed E-state index contributed by atoms with van der Waals surface area (Å²) in [5.41, 5.74) is 2.78. The molecule has 6 nitrogen and oxygen atoms in total. The van der Waals surface area contributed by atoms with E-state index in [1.807, 2.05) is 53.4 Å². The summed E-state index contributed by atoms with van der Waals surface area (Å²) in [4.78, 5) is 28.7. The number of anilines is 1. The van der Waals surface area contributed by atoms with Gasteiger partial charge in [-0.3, -0.25) is 14.5 Å². The molecular weight excluding hydrogens is 366 g/mol. The fourth-order valence-electron chi connectivity index (χ4n) is 3.60. The molecule has 3 rings (SSSR count). The van der Waals surface area contributed by atoms with Crippen LogP contribution in [0.2, 0.25) is 0 Å². The number of carbonyl (C=O) groups is 2. The molecule has 0 aliphatic carbocycles. The number of amides is 2. The van der Waals surface area contributed by atoms with Crippen LogP contribution in [0.1, 0.15) is 19.3 Å². The number of nitrogens with zero attached hydrogens (tertiary/aromatic N) is 2. The first kappa shape index (κ1) is 20.9. The summed E-state index contributed by atoms with van der Waals surface area (Å²) in [6.45, 7) is 1.04. The normalized spacial score (nSPS) is 16.9. The van der Waals surface area contributed by atoms with E-state index in [-0.39, 0.29) is 24.4 Å². The van der Waals surface area contributed by atoms with Crippen LogP contribution in [0.25, 0.3) is 11.1 Å². The number of carbonyl (C=O) groups excluding carboxylic acids is 2. The SMILES string of the molecule is COc1cccc(-c2cccc(NC(=O)[C@H]3CCCCN3CC(=O)N(C)C)c2)c1. The molecule has 6 heteroatoms. The zero-order valence-corrected chi connectivity index (χ0v) is 17.4. The van der Waals surface area contributed by atoms with E-state index in [4.69, 9.17) is 4.74 Å². The first-order chi connectivity index (χ1) is 14.0. The second-order valence-electron chi connectivity index (χ2n) is 7.57. The minimum atomic E-state index is -0.284. The summed E-state index contributed by atoms with van der Waals surface area (Å²) >= 11 is 0. The first-order valence-electron chi connectivity index (χ1n) is 9.97. The predicted molar refractivity (Wildman–Crippen MR) is 115 cm³/mol. The van der Waals surface area contributed by atoms with E-state index >= 15 is 0 Å². The van der Waals surface area contributed by atoms with Crippen molar-refractivity contribution in [3.63, 3.8) is 0 Å². The van der Waals surface area contributed by atoms with Gasteiger partial charge in [0.2, 0.25) is 11.8 Å². The number of likely N-dealkylation sites (tertiary alicyclic amines) is 1. The number of piperidine rings is 1. The Morgan fingerprint density at radius 3 is 2.55 bits per heavy atom. The summed E-state index contributed by atoms with van der Waals surface area (Å²) in [6.07, 6.45) is 2.77. The maximum atomic E-state index is 13.0. The van der Waals surface area contributed by atoms with Gasteiger partial charge in [-0.2, -0.15) is 0 Å². The second kappa shape index (κ2) is 9.56. The van der Waals surface area contributed by atoms with E-state index in [0.717, 1.165) is 48.4 Å². The first-order valence-corrected chi connectivity index (χ1v) is 9.97. The Labute approximate surface area is 172 Å². The van der Waals surface area contributed by atoms with Crippen LogP contribution in [0.15, 0.2) is 48.5 Å². The average molecular weight is 396 g/mol. The molecule has 154 valence electrons. The number of benzene rings is 2. The third-order valence-corrected chi connectivity index (χ3v) is 5.29. The molecule has 2 aromatic rings. The van der Waals surface area contributed by atoms with Crippen LogP contribution in [-0.2, 0) is 9.59 Å². The van der Waals surface area contributed by atoms with Gasteiger partial charge in [0, 0.05) is 19.8 Å². The highest BCUT2D eigenvalue weighted by molar-refractivity contribution is 5.95. The number of methoxy groups -OCH3 is 1. The maximum Gasteiger partial charge on any atom is 0.241 e. The molecule has 1 aliphatic heterocycles. The number of nitrogens with one attached hydrogen (secondary N) is 1. The lowest BCUT2D eigenvalue weighted by atomic mass is 10.0. The van der Waals surface area contributed by atoms with Crippen molar-refractivity contribution in [2.24, 2.45) is 0 Å². The molecule has 0 aromatic heterocycles. The van der Waals surface area contributed by atoms with E-state index in [1.54, 1.807) is 26.1 Å². The molecule has 1 saturated heterocycles. The van der Waals surface area contributed by atoms with E-state index < -0.39 is 0 Å². The Balaban J connectivity index is 1.73. The number of ether oxygens (including phenoxy) is 1. The van der Waals surface area contributed by atoms with Crippen molar-refractivity contribution in [3.05, 3.63) is 48.5 Å². The van der Waals surface area contributed by atoms with Crippen molar-refractivity contribution in [2.45, 2.75) is 25.3 Å². The van der Waals surface area contributed by atoms with Crippen molar-refractivity contribution in [2.75, 3.05) is 39.6 Å². The molecule has 0 bridgehead atoms. The zero-order valence-electron chi connectivity index (χ0n) is 17.4. The topological polar surface area (TPSA) is 61.9 Å². The second-order valence-corrected chi connectivity index (χ2v) is 7.57. The Morgan fingerprint density at radius 1 is 1.10 bits per heavy atom. The minimum absolute atomic E-state index is 0.0183. The third kappa shape index (κ3) is 5.35. The number of likely N-dealkylation sites (N-methyl/N-ethyl adjacent to an activating group) is 1. The van der Waals surface area contributed by atoms with Gasteiger partial charge in [-0.15, -0.1) is 0 Å². The van der Waals surface area contributed by atoms with Gasteiger partial charge < -0.3 is 15.0 Å². The molecule has 0 radical (unpaired) electrons. The molecular formula is C23H29N3O3. The van der Waals surface area contributed by atoms with Gasteiger partial charge in [-0.05, 0) is 54.8 Å². The molecule has 1 heterocycles. The summed E-state index contributed by atoms with van der Waals surface area (Å²) in [5, 5.41) is 3.05. The molecule has 1 N–H and O–H groups in total. The van der Waals surface area contributed by atoms with Gasteiger partial charge in [0.1, 0.15) is 5.75 Å². The molecule has 2 aromatic carbocycles. The van der Waals surface area contributed by atoms with Gasteiger partial charge in [-0.25, -0.2) is 0 Å². The van der Waals surface area contributed by atoms with Crippen LogP contribution >= 0.6 is 0 Å². The van der Waals surface area contributed by atoms with Crippen LogP contribution in [0.4, 0.5) is 5.69 Å². The van der Waals surface area contributed by atoms with E-state index in [2.05, 4.69) is 5.32 Å².